The first-order chi connectivity index (χ1) is 8.10. The molecule has 5 nitrogen and oxygen atoms in total. The molecule has 0 heterocycles. The number of anilines is 1. The van der Waals surface area contributed by atoms with Gasteiger partial charge in [-0.25, -0.2) is 0 Å². The third kappa shape index (κ3) is 3.07. The number of hydrogen-bond donors (Lipinski definition) is 1. The molecule has 0 aromatic heterocycles. The number of rotatable bonds is 6. The number of benzene rings is 1. The monoisotopic (exact) mass is 234 g/mol. The lowest BCUT2D eigenvalue weighted by Gasteiger charge is -2.21. The van der Waals surface area contributed by atoms with Crippen molar-refractivity contribution < 1.29 is 10.0 Å². The van der Waals surface area contributed by atoms with Crippen LogP contribution in [0.4, 0.5) is 11.4 Å². The maximum atomic E-state index is 10.6. The third-order valence-electron chi connectivity index (χ3n) is 2.22. The van der Waals surface area contributed by atoms with E-state index in [9.17, 15) is 15.2 Å². The maximum Gasteiger partial charge on any atom is 0.310 e. The largest absolute Gasteiger partial charge is 0.502 e. The van der Waals surface area contributed by atoms with Crippen LogP contribution in [0.25, 0.3) is 0 Å². The molecule has 0 aliphatic rings. The molecule has 0 saturated heterocycles. The van der Waals surface area contributed by atoms with Crippen LogP contribution < -0.4 is 4.90 Å². The Labute approximate surface area is 99.4 Å². The van der Waals surface area contributed by atoms with Crippen LogP contribution in [-0.4, -0.2) is 23.1 Å². The standard InChI is InChI=1S/C12H14N2O3/c1-3-7-13(8-4-2)10-5-6-11(14(16)17)12(15)9-10/h3-6,9,15H,1-2,7-8H2. The molecule has 0 radical (unpaired) electrons. The molecule has 1 rings (SSSR count). The Kier molecular flexibility index (Phi) is 4.28. The van der Waals surface area contributed by atoms with E-state index >= 15 is 0 Å². The van der Waals surface area contributed by atoms with Crippen LogP contribution in [0, 0.1) is 10.1 Å². The second kappa shape index (κ2) is 5.69. The Hall–Kier alpha value is -2.30. The number of aromatic hydroxyl groups is 1. The Bertz CT molecular complexity index is 433. The third-order valence-corrected chi connectivity index (χ3v) is 2.22. The summed E-state index contributed by atoms with van der Waals surface area (Å²) in [6.45, 7) is 8.40. The van der Waals surface area contributed by atoms with E-state index in [2.05, 4.69) is 13.2 Å². The van der Waals surface area contributed by atoms with Gasteiger partial charge in [0.2, 0.25) is 0 Å². The summed E-state index contributed by atoms with van der Waals surface area (Å²) >= 11 is 0. The van der Waals surface area contributed by atoms with Gasteiger partial charge in [-0.1, -0.05) is 12.2 Å². The van der Waals surface area contributed by atoms with E-state index in [0.29, 0.717) is 18.8 Å². The second-order valence-electron chi connectivity index (χ2n) is 3.41. The zero-order valence-electron chi connectivity index (χ0n) is 9.37. The first-order valence-corrected chi connectivity index (χ1v) is 5.04. The Morgan fingerprint density at radius 3 is 2.35 bits per heavy atom. The molecule has 0 aliphatic heterocycles. The van der Waals surface area contributed by atoms with Crippen molar-refractivity contribution in [3.8, 4) is 5.75 Å². The number of nitro benzene ring substituents is 1. The first-order valence-electron chi connectivity index (χ1n) is 5.04. The molecule has 0 spiro atoms. The van der Waals surface area contributed by atoms with Gasteiger partial charge in [0, 0.05) is 30.9 Å². The topological polar surface area (TPSA) is 66.6 Å². The summed E-state index contributed by atoms with van der Waals surface area (Å²) in [4.78, 5) is 11.8. The summed E-state index contributed by atoms with van der Waals surface area (Å²) in [7, 11) is 0. The van der Waals surface area contributed by atoms with Crippen molar-refractivity contribution >= 4 is 11.4 Å². The van der Waals surface area contributed by atoms with Gasteiger partial charge in [0.1, 0.15) is 0 Å². The average Bonchev–Trinajstić information content (AvgIpc) is 2.28. The molecule has 0 atom stereocenters. The van der Waals surface area contributed by atoms with E-state index in [1.165, 1.54) is 12.1 Å². The molecular weight excluding hydrogens is 220 g/mol. The van der Waals surface area contributed by atoms with Crippen molar-refractivity contribution in [2.24, 2.45) is 0 Å². The molecular formula is C12H14N2O3. The molecule has 1 aromatic rings. The molecule has 1 N–H and O–H groups in total. The van der Waals surface area contributed by atoms with E-state index in [1.807, 2.05) is 4.90 Å². The van der Waals surface area contributed by atoms with Gasteiger partial charge < -0.3 is 10.0 Å². The van der Waals surface area contributed by atoms with Crippen molar-refractivity contribution in [2.45, 2.75) is 0 Å². The number of nitrogens with zero attached hydrogens (tertiary/aromatic N) is 2. The van der Waals surface area contributed by atoms with Gasteiger partial charge in [-0.2, -0.15) is 0 Å². The maximum absolute atomic E-state index is 10.6. The molecule has 1 aromatic carbocycles. The minimum atomic E-state index is -0.621. The minimum Gasteiger partial charge on any atom is -0.502 e. The summed E-state index contributed by atoms with van der Waals surface area (Å²) in [6, 6.07) is 4.24. The second-order valence-corrected chi connectivity index (χ2v) is 3.41. The van der Waals surface area contributed by atoms with E-state index < -0.39 is 4.92 Å². The molecule has 0 unspecified atom stereocenters. The summed E-state index contributed by atoms with van der Waals surface area (Å²) in [6.07, 6.45) is 3.42. The SMILES string of the molecule is C=CCN(CC=C)c1ccc([N+](=O)[O-])c(O)c1. The number of nitro groups is 1. The lowest BCUT2D eigenvalue weighted by molar-refractivity contribution is -0.385. The predicted molar refractivity (Wildman–Crippen MR) is 67.4 cm³/mol. The lowest BCUT2D eigenvalue weighted by atomic mass is 10.2. The summed E-state index contributed by atoms with van der Waals surface area (Å²) in [5, 5.41) is 20.1. The zero-order valence-corrected chi connectivity index (χ0v) is 9.37. The van der Waals surface area contributed by atoms with E-state index in [-0.39, 0.29) is 11.4 Å². The van der Waals surface area contributed by atoms with Crippen LogP contribution in [-0.2, 0) is 0 Å². The fourth-order valence-corrected chi connectivity index (χ4v) is 1.46. The van der Waals surface area contributed by atoms with Crippen LogP contribution in [0.15, 0.2) is 43.5 Å². The van der Waals surface area contributed by atoms with Gasteiger partial charge in [-0.3, -0.25) is 10.1 Å². The van der Waals surface area contributed by atoms with Crippen molar-refractivity contribution in [2.75, 3.05) is 18.0 Å². The van der Waals surface area contributed by atoms with Crippen molar-refractivity contribution in [1.82, 2.24) is 0 Å². The quantitative estimate of drug-likeness (QED) is 0.466. The van der Waals surface area contributed by atoms with E-state index in [1.54, 1.807) is 18.2 Å². The number of phenolic OH excluding ortho intramolecular Hbond substituents is 1. The highest BCUT2D eigenvalue weighted by atomic mass is 16.6. The Morgan fingerprint density at radius 1 is 1.35 bits per heavy atom. The van der Waals surface area contributed by atoms with Gasteiger partial charge in [-0.05, 0) is 6.07 Å². The molecule has 5 heteroatoms. The minimum absolute atomic E-state index is 0.300. The van der Waals surface area contributed by atoms with Crippen molar-refractivity contribution in [3.05, 3.63) is 53.6 Å². The van der Waals surface area contributed by atoms with Crippen molar-refractivity contribution in [1.29, 1.82) is 0 Å². The molecule has 0 saturated carbocycles. The normalized spacial score (nSPS) is 9.65. The smallest absolute Gasteiger partial charge is 0.310 e. The number of phenols is 1. The van der Waals surface area contributed by atoms with E-state index in [4.69, 9.17) is 0 Å². The highest BCUT2D eigenvalue weighted by Gasteiger charge is 2.14. The Balaban J connectivity index is 3.04. The Morgan fingerprint density at radius 2 is 1.94 bits per heavy atom. The van der Waals surface area contributed by atoms with Crippen LogP contribution in [0.1, 0.15) is 0 Å². The highest BCUT2D eigenvalue weighted by Crippen LogP contribution is 2.30. The predicted octanol–water partition coefficient (Wildman–Crippen LogP) is 2.48. The van der Waals surface area contributed by atoms with E-state index in [0.717, 1.165) is 0 Å². The molecule has 17 heavy (non-hydrogen) atoms. The zero-order chi connectivity index (χ0) is 12.8. The van der Waals surface area contributed by atoms with Crippen molar-refractivity contribution in [3.63, 3.8) is 0 Å². The average molecular weight is 234 g/mol. The van der Waals surface area contributed by atoms with Gasteiger partial charge in [-0.15, -0.1) is 13.2 Å². The summed E-state index contributed by atoms with van der Waals surface area (Å²) in [5.74, 6) is -0.342. The van der Waals surface area contributed by atoms with Gasteiger partial charge in [0.25, 0.3) is 0 Å². The van der Waals surface area contributed by atoms with Crippen LogP contribution in [0.5, 0.6) is 5.75 Å². The number of hydrogen-bond acceptors (Lipinski definition) is 4. The van der Waals surface area contributed by atoms with Gasteiger partial charge in [0.05, 0.1) is 4.92 Å². The fraction of sp³-hybridized carbons (Fsp3) is 0.167. The molecule has 0 aliphatic carbocycles. The molecule has 90 valence electrons. The molecule has 0 fully saturated rings. The molecule has 0 bridgehead atoms. The van der Waals surface area contributed by atoms with Crippen LogP contribution >= 0.6 is 0 Å². The molecule has 0 amide bonds. The highest BCUT2D eigenvalue weighted by molar-refractivity contribution is 5.59. The summed E-state index contributed by atoms with van der Waals surface area (Å²) < 4.78 is 0. The lowest BCUT2D eigenvalue weighted by Crippen LogP contribution is -2.22. The first kappa shape index (κ1) is 12.8. The van der Waals surface area contributed by atoms with Crippen LogP contribution in [0.2, 0.25) is 0 Å². The summed E-state index contributed by atoms with van der Waals surface area (Å²) in [5.41, 5.74) is 0.388. The fourth-order valence-electron chi connectivity index (χ4n) is 1.46. The van der Waals surface area contributed by atoms with Gasteiger partial charge in [0.15, 0.2) is 5.75 Å². The van der Waals surface area contributed by atoms with Crippen LogP contribution in [0.3, 0.4) is 0 Å². The van der Waals surface area contributed by atoms with Gasteiger partial charge >= 0.3 is 5.69 Å².